The molecule has 1 aliphatic heterocycles. The molecule has 4 nitrogen and oxygen atoms in total. The number of carboxylic acid groups (broad SMARTS) is 1. The van der Waals surface area contributed by atoms with Crippen molar-refractivity contribution < 1.29 is 14.7 Å². The lowest BCUT2D eigenvalue weighted by Gasteiger charge is -2.44. The molecule has 0 saturated carbocycles. The zero-order valence-corrected chi connectivity index (χ0v) is 10.6. The van der Waals surface area contributed by atoms with Gasteiger partial charge in [-0.2, -0.15) is 0 Å². The third-order valence-corrected chi connectivity index (χ3v) is 3.39. The lowest BCUT2D eigenvalue weighted by molar-refractivity contribution is -0.158. The van der Waals surface area contributed by atoms with Crippen molar-refractivity contribution in [1.82, 2.24) is 4.90 Å². The maximum absolute atomic E-state index is 12.0. The van der Waals surface area contributed by atoms with Crippen molar-refractivity contribution in [3.05, 3.63) is 12.7 Å². The van der Waals surface area contributed by atoms with Crippen molar-refractivity contribution in [3.8, 4) is 0 Å². The second-order valence-electron chi connectivity index (χ2n) is 5.25. The van der Waals surface area contributed by atoms with E-state index in [1.165, 1.54) is 4.90 Å². The number of hydrogen-bond donors (Lipinski definition) is 1. The van der Waals surface area contributed by atoms with E-state index in [0.29, 0.717) is 19.4 Å². The van der Waals surface area contributed by atoms with Crippen molar-refractivity contribution in [3.63, 3.8) is 0 Å². The van der Waals surface area contributed by atoms with Gasteiger partial charge in [0.25, 0.3) is 0 Å². The Morgan fingerprint density at radius 2 is 2.18 bits per heavy atom. The lowest BCUT2D eigenvalue weighted by atomic mass is 9.76. The summed E-state index contributed by atoms with van der Waals surface area (Å²) in [5.41, 5.74) is -0.353. The molecule has 1 aliphatic rings. The van der Waals surface area contributed by atoms with E-state index in [0.717, 1.165) is 12.8 Å². The van der Waals surface area contributed by atoms with Crippen molar-refractivity contribution in [2.75, 3.05) is 6.54 Å². The van der Waals surface area contributed by atoms with Gasteiger partial charge in [0.1, 0.15) is 6.04 Å². The Kier molecular flexibility index (Phi) is 4.32. The van der Waals surface area contributed by atoms with Gasteiger partial charge in [-0.05, 0) is 24.7 Å². The van der Waals surface area contributed by atoms with E-state index < -0.39 is 12.0 Å². The summed E-state index contributed by atoms with van der Waals surface area (Å²) in [5.74, 6) is -0.980. The molecule has 17 heavy (non-hydrogen) atoms. The van der Waals surface area contributed by atoms with E-state index in [-0.39, 0.29) is 11.3 Å². The fourth-order valence-corrected chi connectivity index (χ4v) is 2.50. The summed E-state index contributed by atoms with van der Waals surface area (Å²) in [6, 6.07) is -0.700. The second kappa shape index (κ2) is 5.34. The first-order chi connectivity index (χ1) is 7.90. The van der Waals surface area contributed by atoms with Gasteiger partial charge in [-0.25, -0.2) is 4.79 Å². The van der Waals surface area contributed by atoms with Gasteiger partial charge >= 0.3 is 5.97 Å². The van der Waals surface area contributed by atoms with Crippen molar-refractivity contribution in [1.29, 1.82) is 0 Å². The van der Waals surface area contributed by atoms with Crippen LogP contribution < -0.4 is 0 Å². The molecule has 1 heterocycles. The number of nitrogens with zero attached hydrogens (tertiary/aromatic N) is 1. The molecule has 0 aromatic heterocycles. The number of carboxylic acids is 1. The van der Waals surface area contributed by atoms with Crippen LogP contribution >= 0.6 is 0 Å². The number of carbonyl (C=O) groups is 2. The molecule has 0 aliphatic carbocycles. The average Bonchev–Trinajstić information content (AvgIpc) is 2.23. The molecule has 1 unspecified atom stereocenters. The Morgan fingerprint density at radius 1 is 1.53 bits per heavy atom. The summed E-state index contributed by atoms with van der Waals surface area (Å²) in [5, 5.41) is 9.30. The maximum Gasteiger partial charge on any atom is 0.326 e. The Bertz CT molecular complexity index is 323. The second-order valence-corrected chi connectivity index (χ2v) is 5.25. The number of carbonyl (C=O) groups excluding carboxylic acids is 1. The molecule has 0 bridgehead atoms. The zero-order chi connectivity index (χ0) is 13.1. The summed E-state index contributed by atoms with van der Waals surface area (Å²) in [7, 11) is 0. The molecule has 4 heteroatoms. The number of aliphatic carboxylic acids is 1. The topological polar surface area (TPSA) is 57.6 Å². The molecule has 0 aromatic carbocycles. The number of allylic oxidation sites excluding steroid dienone is 1. The van der Waals surface area contributed by atoms with Gasteiger partial charge in [-0.15, -0.1) is 6.58 Å². The summed E-state index contributed by atoms with van der Waals surface area (Å²) >= 11 is 0. The number of amides is 1. The Balaban J connectivity index is 2.84. The van der Waals surface area contributed by atoms with E-state index in [2.05, 4.69) is 6.58 Å². The monoisotopic (exact) mass is 239 g/mol. The van der Waals surface area contributed by atoms with Crippen LogP contribution in [0.2, 0.25) is 0 Å². The number of piperidine rings is 1. The Hall–Kier alpha value is -1.32. The number of likely N-dealkylation sites (tertiary alicyclic amines) is 1. The van der Waals surface area contributed by atoms with Crippen LogP contribution in [-0.4, -0.2) is 34.5 Å². The minimum atomic E-state index is -0.901. The maximum atomic E-state index is 12.0. The highest BCUT2D eigenvalue weighted by atomic mass is 16.4. The molecule has 1 saturated heterocycles. The molecule has 0 aromatic rings. The number of hydrogen-bond acceptors (Lipinski definition) is 2. The number of rotatable bonds is 4. The largest absolute Gasteiger partial charge is 0.480 e. The van der Waals surface area contributed by atoms with Crippen LogP contribution in [0.5, 0.6) is 0 Å². The van der Waals surface area contributed by atoms with Crippen LogP contribution in [0.1, 0.15) is 39.5 Å². The van der Waals surface area contributed by atoms with Gasteiger partial charge in [-0.1, -0.05) is 19.9 Å². The smallest absolute Gasteiger partial charge is 0.326 e. The molecule has 1 N–H and O–H groups in total. The average molecular weight is 239 g/mol. The fraction of sp³-hybridized carbons (Fsp3) is 0.692. The van der Waals surface area contributed by atoms with Crippen molar-refractivity contribution in [2.45, 2.75) is 45.6 Å². The van der Waals surface area contributed by atoms with Crippen molar-refractivity contribution >= 4 is 11.9 Å². The highest BCUT2D eigenvalue weighted by Gasteiger charge is 2.44. The SMILES string of the molecule is C=CCCC(=O)N1CCCC(C)(C)C1C(=O)O. The Morgan fingerprint density at radius 3 is 2.71 bits per heavy atom. The molecule has 1 fully saturated rings. The zero-order valence-electron chi connectivity index (χ0n) is 10.6. The van der Waals surface area contributed by atoms with Crippen molar-refractivity contribution in [2.24, 2.45) is 5.41 Å². The molecule has 1 rings (SSSR count). The van der Waals surface area contributed by atoms with Gasteiger partial charge < -0.3 is 10.0 Å². The van der Waals surface area contributed by atoms with Gasteiger partial charge in [0, 0.05) is 13.0 Å². The van der Waals surface area contributed by atoms with Crippen LogP contribution in [-0.2, 0) is 9.59 Å². The fourth-order valence-electron chi connectivity index (χ4n) is 2.50. The van der Waals surface area contributed by atoms with E-state index in [1.54, 1.807) is 6.08 Å². The van der Waals surface area contributed by atoms with Gasteiger partial charge in [0.15, 0.2) is 0 Å². The van der Waals surface area contributed by atoms with E-state index >= 15 is 0 Å². The van der Waals surface area contributed by atoms with E-state index in [1.807, 2.05) is 13.8 Å². The first-order valence-electron chi connectivity index (χ1n) is 6.03. The van der Waals surface area contributed by atoms with E-state index in [9.17, 15) is 14.7 Å². The van der Waals surface area contributed by atoms with Crippen LogP contribution in [0.4, 0.5) is 0 Å². The highest BCUT2D eigenvalue weighted by molar-refractivity contribution is 5.84. The van der Waals surface area contributed by atoms with E-state index in [4.69, 9.17) is 0 Å². The lowest BCUT2D eigenvalue weighted by Crippen LogP contribution is -2.56. The first-order valence-corrected chi connectivity index (χ1v) is 6.03. The molecule has 0 spiro atoms. The highest BCUT2D eigenvalue weighted by Crippen LogP contribution is 2.35. The third-order valence-electron chi connectivity index (χ3n) is 3.39. The van der Waals surface area contributed by atoms with Gasteiger partial charge in [-0.3, -0.25) is 4.79 Å². The summed E-state index contributed by atoms with van der Waals surface area (Å²) in [4.78, 5) is 24.8. The van der Waals surface area contributed by atoms with Gasteiger partial charge in [0.05, 0.1) is 0 Å². The minimum Gasteiger partial charge on any atom is -0.480 e. The standard InChI is InChI=1S/C13H21NO3/c1-4-5-7-10(15)14-9-6-8-13(2,3)11(14)12(16)17/h4,11H,1,5-9H2,2-3H3,(H,16,17). The van der Waals surface area contributed by atoms with Crippen LogP contribution in [0.3, 0.4) is 0 Å². The molecule has 1 atom stereocenters. The molecule has 96 valence electrons. The Labute approximate surface area is 102 Å². The van der Waals surface area contributed by atoms with Crippen LogP contribution in [0.25, 0.3) is 0 Å². The summed E-state index contributed by atoms with van der Waals surface area (Å²) < 4.78 is 0. The normalized spacial score (nSPS) is 23.2. The van der Waals surface area contributed by atoms with Gasteiger partial charge in [0.2, 0.25) is 5.91 Å². The molecule has 1 amide bonds. The first kappa shape index (κ1) is 13.7. The predicted molar refractivity (Wildman–Crippen MR) is 65.6 cm³/mol. The van der Waals surface area contributed by atoms with Crippen LogP contribution in [0, 0.1) is 5.41 Å². The molecule has 0 radical (unpaired) electrons. The minimum absolute atomic E-state index is 0.0786. The molecular formula is C13H21NO3. The predicted octanol–water partition coefficient (Wildman–Crippen LogP) is 2.05. The molecular weight excluding hydrogens is 218 g/mol. The third kappa shape index (κ3) is 3.08. The quantitative estimate of drug-likeness (QED) is 0.764. The summed E-state index contributed by atoms with van der Waals surface area (Å²) in [6.07, 6.45) is 4.35. The summed E-state index contributed by atoms with van der Waals surface area (Å²) in [6.45, 7) is 7.96. The van der Waals surface area contributed by atoms with Crippen LogP contribution in [0.15, 0.2) is 12.7 Å².